The van der Waals surface area contributed by atoms with Gasteiger partial charge in [0, 0.05) is 6.42 Å². The third-order valence-corrected chi connectivity index (χ3v) is 14.8. The average molecular weight is 1080 g/mol. The first-order chi connectivity index (χ1) is 36.3. The minimum absolute atomic E-state index is 0.117. The topological polar surface area (TPSA) is 307 Å². The first-order valence-electron chi connectivity index (χ1n) is 29.1. The lowest BCUT2D eigenvalue weighted by Crippen LogP contribution is -2.66. The van der Waals surface area contributed by atoms with Gasteiger partial charge in [0.05, 0.1) is 38.6 Å². The molecule has 0 spiro atoms. The molecule has 0 radical (unpaired) electrons. The lowest BCUT2D eigenvalue weighted by atomic mass is 9.96. The predicted molar refractivity (Wildman–Crippen MR) is 282 cm³/mol. The number of ether oxygens (including phenoxy) is 6. The third-order valence-electron chi connectivity index (χ3n) is 14.8. The second-order valence-electron chi connectivity index (χ2n) is 21.1. The summed E-state index contributed by atoms with van der Waals surface area (Å²) >= 11 is 0. The van der Waals surface area contributed by atoms with E-state index in [1.54, 1.807) is 13.0 Å². The fourth-order valence-corrected chi connectivity index (χ4v) is 9.94. The molecule has 3 saturated heterocycles. The molecule has 0 bridgehead atoms. The van der Waals surface area contributed by atoms with Gasteiger partial charge in [-0.05, 0) is 25.7 Å². The number of carbonyl (C=O) groups is 1. The van der Waals surface area contributed by atoms with Crippen LogP contribution in [-0.4, -0.2) is 193 Å². The standard InChI is InChI=1S/C56H103NO18/c1-3-5-6-7-8-9-10-11-12-13-14-15-16-17-18-19-20-21-22-23-24-25-26-27-28-29-30-31-32-33-34-40(61)39(57-44(62)4-2)38-70-54-50(68)47(65)52(42(36-59)72-54)75-56-51(69)48(66)53(43(37-60)73-56)74-55-49(67)46(64)45(63)41(35-58)71-55/h29-30,33-34,39-43,45-56,58-61,63-69H,3-28,31-32,35-38H2,1-2H3,(H,57,62)/b30-29+,34-33+. The molecule has 17 atom stereocenters. The van der Waals surface area contributed by atoms with Gasteiger partial charge >= 0.3 is 0 Å². The van der Waals surface area contributed by atoms with Crippen LogP contribution < -0.4 is 5.32 Å². The zero-order valence-electron chi connectivity index (χ0n) is 45.5. The molecular weight excluding hydrogens is 975 g/mol. The Hall–Kier alpha value is -1.73. The SMILES string of the molecule is CCCCCCCCCCCCCCCCCCCCCCCCCC/C=C/CC/C=C/C(O)C(COC1OC(CO)C(OC2OC(CO)C(OC3OC(CO)C(O)C(O)C3O)C(O)C2O)C(O)C1O)NC(=O)CC. The number of amides is 1. The van der Waals surface area contributed by atoms with Gasteiger partial charge in [-0.3, -0.25) is 4.79 Å². The van der Waals surface area contributed by atoms with Crippen LogP contribution in [0.4, 0.5) is 0 Å². The molecule has 0 aromatic rings. The van der Waals surface area contributed by atoms with Crippen molar-refractivity contribution in [1.29, 1.82) is 0 Å². The number of aliphatic hydroxyl groups excluding tert-OH is 11. The molecule has 75 heavy (non-hydrogen) atoms. The largest absolute Gasteiger partial charge is 0.394 e. The van der Waals surface area contributed by atoms with Crippen molar-refractivity contribution < 1.29 is 89.4 Å². The number of hydrogen-bond acceptors (Lipinski definition) is 18. The summed E-state index contributed by atoms with van der Waals surface area (Å²) in [5.41, 5.74) is 0. The second-order valence-corrected chi connectivity index (χ2v) is 21.1. The van der Waals surface area contributed by atoms with Gasteiger partial charge in [-0.2, -0.15) is 0 Å². The van der Waals surface area contributed by atoms with Crippen molar-refractivity contribution in [1.82, 2.24) is 5.32 Å². The summed E-state index contributed by atoms with van der Waals surface area (Å²) in [6.45, 7) is 1.12. The van der Waals surface area contributed by atoms with Crippen molar-refractivity contribution in [3.05, 3.63) is 24.3 Å². The van der Waals surface area contributed by atoms with E-state index in [-0.39, 0.29) is 18.9 Å². The maximum Gasteiger partial charge on any atom is 0.220 e. The van der Waals surface area contributed by atoms with E-state index in [0.29, 0.717) is 6.42 Å². The molecule has 1 amide bonds. The smallest absolute Gasteiger partial charge is 0.220 e. The molecule has 17 unspecified atom stereocenters. The normalized spacial score (nSPS) is 31.3. The van der Waals surface area contributed by atoms with Crippen LogP contribution in [0.3, 0.4) is 0 Å². The van der Waals surface area contributed by atoms with E-state index in [9.17, 15) is 61.0 Å². The predicted octanol–water partition coefficient (Wildman–Crippen LogP) is 4.37. The maximum atomic E-state index is 12.4. The highest BCUT2D eigenvalue weighted by Gasteiger charge is 2.53. The molecule has 0 saturated carbocycles. The molecule has 3 aliphatic rings. The van der Waals surface area contributed by atoms with E-state index in [1.165, 1.54) is 148 Å². The van der Waals surface area contributed by atoms with Crippen LogP contribution in [-0.2, 0) is 33.2 Å². The molecule has 3 aliphatic heterocycles. The third kappa shape index (κ3) is 25.1. The molecule has 0 aromatic heterocycles. The molecule has 19 nitrogen and oxygen atoms in total. The van der Waals surface area contributed by atoms with Crippen LogP contribution in [0.1, 0.15) is 194 Å². The maximum absolute atomic E-state index is 12.4. The van der Waals surface area contributed by atoms with E-state index in [0.717, 1.165) is 19.3 Å². The minimum atomic E-state index is -1.98. The number of rotatable bonds is 42. The molecule has 3 rings (SSSR count). The fourth-order valence-electron chi connectivity index (χ4n) is 9.94. The minimum Gasteiger partial charge on any atom is -0.394 e. The monoisotopic (exact) mass is 1080 g/mol. The van der Waals surface area contributed by atoms with Crippen LogP contribution >= 0.6 is 0 Å². The number of unbranched alkanes of at least 4 members (excludes halogenated alkanes) is 25. The number of nitrogens with one attached hydrogen (secondary N) is 1. The molecule has 3 fully saturated rings. The van der Waals surface area contributed by atoms with Crippen LogP contribution in [0.25, 0.3) is 0 Å². The van der Waals surface area contributed by atoms with Crippen molar-refractivity contribution >= 4 is 5.91 Å². The fraction of sp³-hybridized carbons (Fsp3) is 0.911. The van der Waals surface area contributed by atoms with Gasteiger partial charge in [0.25, 0.3) is 0 Å². The lowest BCUT2D eigenvalue weighted by Gasteiger charge is -2.48. The zero-order chi connectivity index (χ0) is 54.8. The summed E-state index contributed by atoms with van der Waals surface area (Å²) in [6, 6.07) is -0.983. The molecular formula is C56H103NO18. The van der Waals surface area contributed by atoms with Crippen molar-refractivity contribution in [3.63, 3.8) is 0 Å². The van der Waals surface area contributed by atoms with Crippen LogP contribution in [0.15, 0.2) is 24.3 Å². The van der Waals surface area contributed by atoms with E-state index >= 15 is 0 Å². The van der Waals surface area contributed by atoms with Gasteiger partial charge in [-0.15, -0.1) is 0 Å². The van der Waals surface area contributed by atoms with Crippen molar-refractivity contribution in [3.8, 4) is 0 Å². The lowest BCUT2D eigenvalue weighted by molar-refractivity contribution is -0.379. The van der Waals surface area contributed by atoms with Gasteiger partial charge in [-0.1, -0.05) is 186 Å². The van der Waals surface area contributed by atoms with Gasteiger partial charge in [0.2, 0.25) is 5.91 Å². The highest BCUT2D eigenvalue weighted by molar-refractivity contribution is 5.75. The molecule has 440 valence electrons. The molecule has 3 heterocycles. The van der Waals surface area contributed by atoms with E-state index in [2.05, 4.69) is 24.4 Å². The Morgan fingerprint density at radius 1 is 0.467 bits per heavy atom. The summed E-state index contributed by atoms with van der Waals surface area (Å²) in [5, 5.41) is 118. The number of aliphatic hydroxyl groups is 11. The zero-order valence-corrected chi connectivity index (χ0v) is 45.5. The van der Waals surface area contributed by atoms with E-state index in [4.69, 9.17) is 28.4 Å². The summed E-state index contributed by atoms with van der Waals surface area (Å²) in [4.78, 5) is 12.4. The number of carbonyl (C=O) groups excluding carboxylic acids is 1. The first kappa shape index (κ1) is 67.5. The highest BCUT2D eigenvalue weighted by Crippen LogP contribution is 2.33. The summed E-state index contributed by atoms with van der Waals surface area (Å²) in [6.07, 6.45) is 16.4. The first-order valence-corrected chi connectivity index (χ1v) is 29.1. The van der Waals surface area contributed by atoms with E-state index in [1.807, 2.05) is 6.08 Å². The number of hydrogen-bond donors (Lipinski definition) is 12. The Balaban J connectivity index is 1.28. The number of allylic oxidation sites excluding steroid dienone is 3. The second kappa shape index (κ2) is 40.4. The molecule has 12 N–H and O–H groups in total. The van der Waals surface area contributed by atoms with E-state index < -0.39 is 124 Å². The van der Waals surface area contributed by atoms with Gasteiger partial charge < -0.3 is 89.9 Å². The quantitative estimate of drug-likeness (QED) is 0.0298. The van der Waals surface area contributed by atoms with Gasteiger partial charge in [0.15, 0.2) is 18.9 Å². The highest BCUT2D eigenvalue weighted by atomic mass is 16.8. The molecule has 19 heteroatoms. The summed E-state index contributed by atoms with van der Waals surface area (Å²) in [7, 11) is 0. The Morgan fingerprint density at radius 3 is 1.28 bits per heavy atom. The van der Waals surface area contributed by atoms with Gasteiger partial charge in [-0.25, -0.2) is 0 Å². The van der Waals surface area contributed by atoms with Gasteiger partial charge in [0.1, 0.15) is 73.2 Å². The van der Waals surface area contributed by atoms with Crippen LogP contribution in [0.5, 0.6) is 0 Å². The Morgan fingerprint density at radius 2 is 0.840 bits per heavy atom. The van der Waals surface area contributed by atoms with Crippen molar-refractivity contribution in [2.45, 2.75) is 298 Å². The Kier molecular flexibility index (Phi) is 36.4. The van der Waals surface area contributed by atoms with Crippen molar-refractivity contribution in [2.75, 3.05) is 26.4 Å². The van der Waals surface area contributed by atoms with Crippen LogP contribution in [0.2, 0.25) is 0 Å². The average Bonchev–Trinajstić information content (AvgIpc) is 3.41. The van der Waals surface area contributed by atoms with Crippen molar-refractivity contribution in [2.24, 2.45) is 0 Å². The Bertz CT molecular complexity index is 1480. The van der Waals surface area contributed by atoms with Crippen LogP contribution in [0, 0.1) is 0 Å². The molecule has 0 aliphatic carbocycles. The summed E-state index contributed by atoms with van der Waals surface area (Å²) in [5.74, 6) is -0.373. The Labute approximate surface area is 448 Å². The summed E-state index contributed by atoms with van der Waals surface area (Å²) < 4.78 is 33.8. The molecule has 0 aromatic carbocycles.